The first kappa shape index (κ1) is 13.0. The molecular weight excluding hydrogens is 264 g/mol. The van der Waals surface area contributed by atoms with Gasteiger partial charge in [0.1, 0.15) is 28.9 Å². The molecule has 0 unspecified atom stereocenters. The van der Waals surface area contributed by atoms with Gasteiger partial charge in [-0.25, -0.2) is 4.98 Å². The minimum Gasteiger partial charge on any atom is -0.460 e. The Hall–Kier alpha value is -3.00. The lowest BCUT2D eigenvalue weighted by Crippen LogP contribution is -2.03. The molecule has 3 rings (SSSR count). The molecule has 3 N–H and O–H groups in total. The number of rotatable bonds is 2. The van der Waals surface area contributed by atoms with E-state index in [4.69, 9.17) is 10.2 Å². The summed E-state index contributed by atoms with van der Waals surface area (Å²) in [6.07, 6.45) is 1.81. The van der Waals surface area contributed by atoms with Crippen molar-refractivity contribution in [2.45, 2.75) is 13.8 Å². The molecule has 0 spiro atoms. The van der Waals surface area contributed by atoms with E-state index in [0.717, 1.165) is 22.6 Å². The minimum atomic E-state index is 0.205. The predicted octanol–water partition coefficient (Wildman–Crippen LogP) is 3.41. The molecule has 3 aromatic heterocycles. The van der Waals surface area contributed by atoms with Crippen molar-refractivity contribution in [2.75, 3.05) is 5.73 Å². The van der Waals surface area contributed by atoms with E-state index in [9.17, 15) is 5.26 Å². The molecule has 0 aliphatic rings. The number of nitrogens with one attached hydrogen (secondary N) is 1. The van der Waals surface area contributed by atoms with E-state index < -0.39 is 0 Å². The van der Waals surface area contributed by atoms with Crippen LogP contribution in [-0.2, 0) is 0 Å². The third-order valence-electron chi connectivity index (χ3n) is 3.42. The fraction of sp³-hybridized carbons (Fsp3) is 0.125. The van der Waals surface area contributed by atoms with Gasteiger partial charge in [0.15, 0.2) is 5.76 Å². The second kappa shape index (κ2) is 4.84. The summed E-state index contributed by atoms with van der Waals surface area (Å²) in [6, 6.07) is 9.65. The number of nitriles is 1. The van der Waals surface area contributed by atoms with Crippen molar-refractivity contribution in [3.63, 3.8) is 0 Å². The topological polar surface area (TPSA) is 91.6 Å². The number of hydrogen-bond donors (Lipinski definition) is 2. The normalized spacial score (nSPS) is 10.5. The van der Waals surface area contributed by atoms with E-state index in [-0.39, 0.29) is 5.82 Å². The van der Waals surface area contributed by atoms with Crippen molar-refractivity contribution in [1.82, 2.24) is 9.97 Å². The van der Waals surface area contributed by atoms with Gasteiger partial charge in [-0.2, -0.15) is 5.26 Å². The number of hydrogen-bond acceptors (Lipinski definition) is 4. The van der Waals surface area contributed by atoms with Gasteiger partial charge in [-0.1, -0.05) is 0 Å². The van der Waals surface area contributed by atoms with Crippen LogP contribution >= 0.6 is 0 Å². The van der Waals surface area contributed by atoms with Crippen molar-refractivity contribution < 1.29 is 4.42 Å². The molecule has 0 saturated carbocycles. The predicted molar refractivity (Wildman–Crippen MR) is 80.3 cm³/mol. The summed E-state index contributed by atoms with van der Waals surface area (Å²) in [6.45, 7) is 3.79. The number of H-pyrrole nitrogens is 1. The maximum atomic E-state index is 9.38. The summed E-state index contributed by atoms with van der Waals surface area (Å²) in [4.78, 5) is 7.46. The van der Waals surface area contributed by atoms with Gasteiger partial charge >= 0.3 is 0 Å². The highest BCUT2D eigenvalue weighted by Crippen LogP contribution is 2.35. The van der Waals surface area contributed by atoms with Gasteiger partial charge in [0.05, 0.1) is 0 Å². The highest BCUT2D eigenvalue weighted by molar-refractivity contribution is 5.81. The summed E-state index contributed by atoms with van der Waals surface area (Å²) in [7, 11) is 0. The fourth-order valence-electron chi connectivity index (χ4n) is 2.43. The summed E-state index contributed by atoms with van der Waals surface area (Å²) in [5.74, 6) is 1.65. The van der Waals surface area contributed by atoms with Crippen LogP contribution in [0.5, 0.6) is 0 Å². The number of anilines is 1. The van der Waals surface area contributed by atoms with E-state index in [2.05, 4.69) is 16.0 Å². The number of aromatic amines is 1. The number of nitrogens with zero attached hydrogens (tertiary/aromatic N) is 2. The van der Waals surface area contributed by atoms with Crippen molar-refractivity contribution in [2.24, 2.45) is 0 Å². The number of nitrogens with two attached hydrogens (primary N) is 1. The smallest absolute Gasteiger partial charge is 0.153 e. The molecule has 0 amide bonds. The number of nitrogen functional groups attached to an aromatic ring is 1. The van der Waals surface area contributed by atoms with Crippen LogP contribution in [0.15, 0.2) is 34.9 Å². The average Bonchev–Trinajstić information content (AvgIpc) is 3.11. The molecule has 0 radical (unpaired) electrons. The highest BCUT2D eigenvalue weighted by atomic mass is 16.3. The molecule has 0 bridgehead atoms. The van der Waals surface area contributed by atoms with E-state index in [1.807, 2.05) is 44.3 Å². The number of furan rings is 1. The van der Waals surface area contributed by atoms with Gasteiger partial charge in [0.25, 0.3) is 0 Å². The van der Waals surface area contributed by atoms with E-state index in [1.165, 1.54) is 0 Å². The summed E-state index contributed by atoms with van der Waals surface area (Å²) < 4.78 is 5.64. The van der Waals surface area contributed by atoms with E-state index >= 15 is 0 Å². The number of aryl methyl sites for hydroxylation is 1. The Morgan fingerprint density at radius 3 is 2.67 bits per heavy atom. The third-order valence-corrected chi connectivity index (χ3v) is 3.42. The van der Waals surface area contributed by atoms with Crippen LogP contribution in [0.2, 0.25) is 0 Å². The zero-order valence-electron chi connectivity index (χ0n) is 11.8. The molecule has 0 aliphatic carbocycles. The molecular formula is C16H14N4O. The van der Waals surface area contributed by atoms with Gasteiger partial charge in [-0.3, -0.25) is 0 Å². The monoisotopic (exact) mass is 278 g/mol. The molecule has 3 heterocycles. The van der Waals surface area contributed by atoms with Crippen LogP contribution < -0.4 is 5.73 Å². The lowest BCUT2D eigenvalue weighted by Gasteiger charge is -2.12. The first-order valence-corrected chi connectivity index (χ1v) is 6.52. The average molecular weight is 278 g/mol. The lowest BCUT2D eigenvalue weighted by atomic mass is 9.98. The Labute approximate surface area is 122 Å². The zero-order chi connectivity index (χ0) is 15.0. The Bertz CT molecular complexity index is 838. The maximum Gasteiger partial charge on any atom is 0.153 e. The maximum absolute atomic E-state index is 9.38. The quantitative estimate of drug-likeness (QED) is 0.751. The Morgan fingerprint density at radius 1 is 1.29 bits per heavy atom. The molecule has 21 heavy (non-hydrogen) atoms. The number of aromatic nitrogens is 2. The number of pyridine rings is 1. The molecule has 0 saturated heterocycles. The lowest BCUT2D eigenvalue weighted by molar-refractivity contribution is 0.546. The van der Waals surface area contributed by atoms with E-state index in [0.29, 0.717) is 17.0 Å². The van der Waals surface area contributed by atoms with Crippen LogP contribution in [0, 0.1) is 25.2 Å². The second-order valence-electron chi connectivity index (χ2n) is 4.83. The molecule has 3 aromatic rings. The van der Waals surface area contributed by atoms with Crippen LogP contribution in [0.1, 0.15) is 16.9 Å². The van der Waals surface area contributed by atoms with Crippen molar-refractivity contribution in [1.29, 1.82) is 5.26 Å². The first-order chi connectivity index (χ1) is 10.1. The van der Waals surface area contributed by atoms with Crippen LogP contribution in [-0.4, -0.2) is 9.97 Å². The molecule has 0 aliphatic heterocycles. The second-order valence-corrected chi connectivity index (χ2v) is 4.83. The summed E-state index contributed by atoms with van der Waals surface area (Å²) in [5.41, 5.74) is 9.45. The van der Waals surface area contributed by atoms with Gasteiger partial charge in [0, 0.05) is 17.5 Å². The highest BCUT2D eigenvalue weighted by Gasteiger charge is 2.20. The summed E-state index contributed by atoms with van der Waals surface area (Å²) in [5, 5.41) is 9.38. The molecule has 5 heteroatoms. The van der Waals surface area contributed by atoms with Crippen LogP contribution in [0.25, 0.3) is 22.7 Å². The van der Waals surface area contributed by atoms with Crippen molar-refractivity contribution in [3.8, 4) is 28.8 Å². The standard InChI is InChI=1S/C16H14N4O/c1-9-5-6-13(21-9)15-10(2)14(12-4-3-7-19-12)11(8-17)16(18)20-15/h3-7,19H,1-2H3,(H2,18,20). The van der Waals surface area contributed by atoms with Gasteiger partial charge in [-0.05, 0) is 43.7 Å². The van der Waals surface area contributed by atoms with Crippen molar-refractivity contribution in [3.05, 3.63) is 47.3 Å². The van der Waals surface area contributed by atoms with Gasteiger partial charge in [0.2, 0.25) is 0 Å². The minimum absolute atomic E-state index is 0.205. The molecule has 104 valence electrons. The Balaban J connectivity index is 2.33. The largest absolute Gasteiger partial charge is 0.460 e. The van der Waals surface area contributed by atoms with Crippen LogP contribution in [0.3, 0.4) is 0 Å². The molecule has 0 fully saturated rings. The summed E-state index contributed by atoms with van der Waals surface area (Å²) >= 11 is 0. The molecule has 0 aromatic carbocycles. The third kappa shape index (κ3) is 2.07. The zero-order valence-corrected chi connectivity index (χ0v) is 11.8. The van der Waals surface area contributed by atoms with Gasteiger partial charge in [-0.15, -0.1) is 0 Å². The van der Waals surface area contributed by atoms with Crippen molar-refractivity contribution >= 4 is 5.82 Å². The van der Waals surface area contributed by atoms with E-state index in [1.54, 1.807) is 0 Å². The Morgan fingerprint density at radius 2 is 2.10 bits per heavy atom. The first-order valence-electron chi connectivity index (χ1n) is 6.52. The molecule has 5 nitrogen and oxygen atoms in total. The SMILES string of the molecule is Cc1ccc(-c2nc(N)c(C#N)c(-c3ccc[nH]3)c2C)o1. The Kier molecular flexibility index (Phi) is 2.99. The van der Waals surface area contributed by atoms with Crippen LogP contribution in [0.4, 0.5) is 5.82 Å². The molecule has 0 atom stereocenters. The van der Waals surface area contributed by atoms with Gasteiger partial charge < -0.3 is 15.1 Å². The fourth-order valence-corrected chi connectivity index (χ4v) is 2.43.